The zero-order valence-corrected chi connectivity index (χ0v) is 13.9. The van der Waals surface area contributed by atoms with Crippen molar-refractivity contribution in [1.29, 1.82) is 0 Å². The predicted octanol–water partition coefficient (Wildman–Crippen LogP) is 4.49. The van der Waals surface area contributed by atoms with Crippen LogP contribution in [-0.4, -0.2) is 22.2 Å². The van der Waals surface area contributed by atoms with Gasteiger partial charge in [-0.3, -0.25) is 4.79 Å². The highest BCUT2D eigenvalue weighted by molar-refractivity contribution is 5.94. The summed E-state index contributed by atoms with van der Waals surface area (Å²) in [6, 6.07) is 0. The molecular weight excluding hydrogens is 280 g/mol. The van der Waals surface area contributed by atoms with Crippen LogP contribution in [0.3, 0.4) is 0 Å². The molecule has 0 aromatic rings. The van der Waals surface area contributed by atoms with Gasteiger partial charge in [0.1, 0.15) is 0 Å². The van der Waals surface area contributed by atoms with Crippen LogP contribution in [0, 0.1) is 17.8 Å². The second kappa shape index (κ2) is 9.65. The second-order valence-corrected chi connectivity index (χ2v) is 6.47. The van der Waals surface area contributed by atoms with Gasteiger partial charge in [0.25, 0.3) is 0 Å². The topological polar surface area (TPSA) is 74.6 Å². The van der Waals surface area contributed by atoms with Crippen LogP contribution in [0.5, 0.6) is 0 Å². The molecule has 4 heteroatoms. The molecule has 0 aromatic heterocycles. The third kappa shape index (κ3) is 5.47. The highest BCUT2D eigenvalue weighted by Gasteiger charge is 2.37. The van der Waals surface area contributed by atoms with Crippen molar-refractivity contribution in [3.8, 4) is 0 Å². The van der Waals surface area contributed by atoms with E-state index in [1.807, 2.05) is 0 Å². The molecule has 0 bridgehead atoms. The van der Waals surface area contributed by atoms with Crippen LogP contribution in [0.4, 0.5) is 0 Å². The molecule has 0 aromatic carbocycles. The Bertz CT molecular complexity index is 400. The Morgan fingerprint density at radius 3 is 2.14 bits per heavy atom. The maximum atomic E-state index is 11.4. The van der Waals surface area contributed by atoms with Crippen molar-refractivity contribution in [2.24, 2.45) is 17.8 Å². The minimum atomic E-state index is -1.07. The summed E-state index contributed by atoms with van der Waals surface area (Å²) in [4.78, 5) is 22.8. The highest BCUT2D eigenvalue weighted by Crippen LogP contribution is 2.39. The van der Waals surface area contributed by atoms with Gasteiger partial charge in [-0.1, -0.05) is 58.4 Å². The van der Waals surface area contributed by atoms with Crippen LogP contribution in [-0.2, 0) is 9.59 Å². The van der Waals surface area contributed by atoms with Gasteiger partial charge in [-0.15, -0.1) is 0 Å². The minimum Gasteiger partial charge on any atom is -0.481 e. The fourth-order valence-electron chi connectivity index (χ4n) is 3.48. The largest absolute Gasteiger partial charge is 0.481 e. The molecule has 0 amide bonds. The molecule has 22 heavy (non-hydrogen) atoms. The molecule has 1 aliphatic carbocycles. The standard InChI is InChI=1S/C18H30O4/c1-3-5-7-9-13-11-15(17(19)20)16(18(21)22)12-14(13)10-8-6-4-2/h11,13-14,16H,3-10,12H2,1-2H3,(H,19,20)(H,21,22). The molecule has 0 radical (unpaired) electrons. The first-order valence-corrected chi connectivity index (χ1v) is 8.69. The lowest BCUT2D eigenvalue weighted by Crippen LogP contribution is -2.32. The van der Waals surface area contributed by atoms with Gasteiger partial charge >= 0.3 is 11.9 Å². The zero-order chi connectivity index (χ0) is 16.5. The summed E-state index contributed by atoms with van der Waals surface area (Å²) in [5.41, 5.74) is 0.0979. The van der Waals surface area contributed by atoms with Crippen LogP contribution < -0.4 is 0 Å². The summed E-state index contributed by atoms with van der Waals surface area (Å²) in [6.45, 7) is 4.31. The fraction of sp³-hybridized carbons (Fsp3) is 0.778. The van der Waals surface area contributed by atoms with Gasteiger partial charge in [0, 0.05) is 5.57 Å². The van der Waals surface area contributed by atoms with Crippen molar-refractivity contribution in [1.82, 2.24) is 0 Å². The number of carbonyl (C=O) groups is 2. The number of hydrogen-bond acceptors (Lipinski definition) is 2. The molecule has 126 valence electrons. The average Bonchev–Trinajstić information content (AvgIpc) is 2.48. The Morgan fingerprint density at radius 2 is 1.64 bits per heavy atom. The number of hydrogen-bond donors (Lipinski definition) is 2. The first-order valence-electron chi connectivity index (χ1n) is 8.69. The van der Waals surface area contributed by atoms with E-state index < -0.39 is 17.9 Å². The number of carboxylic acid groups (broad SMARTS) is 2. The van der Waals surface area contributed by atoms with Gasteiger partial charge in [0.2, 0.25) is 0 Å². The van der Waals surface area contributed by atoms with Crippen LogP contribution >= 0.6 is 0 Å². The highest BCUT2D eigenvalue weighted by atomic mass is 16.4. The van der Waals surface area contributed by atoms with Crippen molar-refractivity contribution in [2.45, 2.75) is 71.6 Å². The van der Waals surface area contributed by atoms with Gasteiger partial charge < -0.3 is 10.2 Å². The van der Waals surface area contributed by atoms with Crippen molar-refractivity contribution in [3.05, 3.63) is 11.6 Å². The number of rotatable bonds is 10. The summed E-state index contributed by atoms with van der Waals surface area (Å²) in [5, 5.41) is 18.7. The van der Waals surface area contributed by atoms with Gasteiger partial charge in [0.15, 0.2) is 0 Å². The summed E-state index contributed by atoms with van der Waals surface area (Å²) < 4.78 is 0. The summed E-state index contributed by atoms with van der Waals surface area (Å²) in [7, 11) is 0. The molecule has 2 N–H and O–H groups in total. The van der Waals surface area contributed by atoms with Crippen LogP contribution in [0.25, 0.3) is 0 Å². The molecule has 1 aliphatic rings. The van der Waals surface area contributed by atoms with Crippen LogP contribution in [0.15, 0.2) is 11.6 Å². The molecule has 0 spiro atoms. The van der Waals surface area contributed by atoms with Crippen molar-refractivity contribution in [3.63, 3.8) is 0 Å². The van der Waals surface area contributed by atoms with E-state index in [2.05, 4.69) is 13.8 Å². The molecule has 0 saturated carbocycles. The normalized spacial score (nSPS) is 24.8. The average molecular weight is 310 g/mol. The first kappa shape index (κ1) is 18.7. The van der Waals surface area contributed by atoms with Gasteiger partial charge in [-0.05, 0) is 31.1 Å². The van der Waals surface area contributed by atoms with E-state index in [4.69, 9.17) is 0 Å². The SMILES string of the molecule is CCCCCC1C=C(C(=O)O)C(C(=O)O)CC1CCCCC. The zero-order valence-electron chi connectivity index (χ0n) is 13.9. The van der Waals surface area contributed by atoms with E-state index in [0.29, 0.717) is 12.3 Å². The maximum Gasteiger partial charge on any atom is 0.332 e. The number of carboxylic acids is 2. The maximum absolute atomic E-state index is 11.4. The van der Waals surface area contributed by atoms with E-state index in [0.717, 1.165) is 51.4 Å². The summed E-state index contributed by atoms with van der Waals surface area (Å²) in [6.07, 6.45) is 11.0. The Kier molecular flexibility index (Phi) is 8.21. The molecular formula is C18H30O4. The van der Waals surface area contributed by atoms with Crippen molar-refractivity contribution in [2.75, 3.05) is 0 Å². The Morgan fingerprint density at radius 1 is 1.05 bits per heavy atom. The van der Waals surface area contributed by atoms with Gasteiger partial charge in [0.05, 0.1) is 5.92 Å². The minimum absolute atomic E-state index is 0.0979. The lowest BCUT2D eigenvalue weighted by atomic mass is 9.71. The molecule has 0 fully saturated rings. The van der Waals surface area contributed by atoms with E-state index in [-0.39, 0.29) is 11.5 Å². The number of aliphatic carboxylic acids is 2. The van der Waals surface area contributed by atoms with E-state index in [9.17, 15) is 19.8 Å². The van der Waals surface area contributed by atoms with Gasteiger partial charge in [-0.25, -0.2) is 4.79 Å². The number of unbranched alkanes of at least 4 members (excludes halogenated alkanes) is 4. The quantitative estimate of drug-likeness (QED) is 0.583. The lowest BCUT2D eigenvalue weighted by Gasteiger charge is -2.33. The van der Waals surface area contributed by atoms with Crippen molar-refractivity contribution >= 4 is 11.9 Å². The smallest absolute Gasteiger partial charge is 0.332 e. The van der Waals surface area contributed by atoms with Gasteiger partial charge in [-0.2, -0.15) is 0 Å². The van der Waals surface area contributed by atoms with Crippen molar-refractivity contribution < 1.29 is 19.8 Å². The molecule has 3 unspecified atom stereocenters. The molecule has 0 heterocycles. The molecule has 4 nitrogen and oxygen atoms in total. The monoisotopic (exact) mass is 310 g/mol. The first-order chi connectivity index (χ1) is 10.5. The van der Waals surface area contributed by atoms with E-state index >= 15 is 0 Å². The fourth-order valence-corrected chi connectivity index (χ4v) is 3.48. The molecule has 0 aliphatic heterocycles. The molecule has 1 rings (SSSR count). The summed E-state index contributed by atoms with van der Waals surface area (Å²) >= 11 is 0. The third-order valence-corrected chi connectivity index (χ3v) is 4.78. The molecule has 0 saturated heterocycles. The summed E-state index contributed by atoms with van der Waals surface area (Å²) in [5.74, 6) is -2.37. The van der Waals surface area contributed by atoms with E-state index in [1.54, 1.807) is 6.08 Å². The lowest BCUT2D eigenvalue weighted by molar-refractivity contribution is -0.145. The Labute approximate surface area is 133 Å². The molecule has 3 atom stereocenters. The third-order valence-electron chi connectivity index (χ3n) is 4.78. The predicted molar refractivity (Wildman–Crippen MR) is 86.7 cm³/mol. The van der Waals surface area contributed by atoms with Crippen LogP contribution in [0.1, 0.15) is 71.6 Å². The van der Waals surface area contributed by atoms with E-state index in [1.165, 1.54) is 0 Å². The number of allylic oxidation sites excluding steroid dienone is 1. The Hall–Kier alpha value is -1.32. The van der Waals surface area contributed by atoms with Crippen LogP contribution in [0.2, 0.25) is 0 Å². The Balaban J connectivity index is 2.86. The second-order valence-electron chi connectivity index (χ2n) is 6.47.